The van der Waals surface area contributed by atoms with Crippen LogP contribution < -0.4 is 10.2 Å². The van der Waals surface area contributed by atoms with Gasteiger partial charge in [-0.2, -0.15) is 5.10 Å². The van der Waals surface area contributed by atoms with Gasteiger partial charge < -0.3 is 10.2 Å². The quantitative estimate of drug-likeness (QED) is 0.668. The molecule has 5 heteroatoms. The molecule has 0 spiro atoms. The number of para-hydroxylation sites is 3. The maximum Gasteiger partial charge on any atom is 0.224 e. The monoisotopic (exact) mass is 388 g/mol. The zero-order valence-corrected chi connectivity index (χ0v) is 17.2. The summed E-state index contributed by atoms with van der Waals surface area (Å²) >= 11 is 0. The number of nitrogens with zero attached hydrogens (tertiary/aromatic N) is 3. The molecule has 2 heterocycles. The molecule has 3 aromatic rings. The predicted molar refractivity (Wildman–Crippen MR) is 118 cm³/mol. The third kappa shape index (κ3) is 4.19. The van der Waals surface area contributed by atoms with Gasteiger partial charge >= 0.3 is 0 Å². The second kappa shape index (κ2) is 8.52. The number of amides is 1. The highest BCUT2D eigenvalue weighted by atomic mass is 16.1. The summed E-state index contributed by atoms with van der Waals surface area (Å²) in [5.41, 5.74) is 6.31. The molecule has 0 unspecified atom stereocenters. The second-order valence-corrected chi connectivity index (χ2v) is 7.66. The fourth-order valence-electron chi connectivity index (χ4n) is 4.12. The number of rotatable bonds is 6. The van der Waals surface area contributed by atoms with Crippen LogP contribution in [0, 0.1) is 13.8 Å². The summed E-state index contributed by atoms with van der Waals surface area (Å²) in [6.45, 7) is 6.21. The highest BCUT2D eigenvalue weighted by Crippen LogP contribution is 2.29. The smallest absolute Gasteiger partial charge is 0.224 e. The summed E-state index contributed by atoms with van der Waals surface area (Å²) in [7, 11) is 0. The minimum atomic E-state index is 0.0444. The van der Waals surface area contributed by atoms with E-state index in [1.807, 2.05) is 60.1 Å². The van der Waals surface area contributed by atoms with Crippen LogP contribution in [0.4, 0.5) is 11.4 Å². The van der Waals surface area contributed by atoms with Gasteiger partial charge in [-0.15, -0.1) is 0 Å². The van der Waals surface area contributed by atoms with Crippen LogP contribution in [0.15, 0.2) is 54.6 Å². The lowest BCUT2D eigenvalue weighted by atomic mass is 10.1. The summed E-state index contributed by atoms with van der Waals surface area (Å²) in [6.07, 6.45) is 3.55. The van der Waals surface area contributed by atoms with Crippen molar-refractivity contribution in [3.8, 4) is 5.69 Å². The molecule has 1 saturated heterocycles. The Balaban J connectivity index is 1.44. The van der Waals surface area contributed by atoms with Crippen molar-refractivity contribution in [2.75, 3.05) is 23.3 Å². The summed E-state index contributed by atoms with van der Waals surface area (Å²) in [5.74, 6) is 0.0444. The van der Waals surface area contributed by atoms with E-state index < -0.39 is 0 Å². The lowest BCUT2D eigenvalue weighted by molar-refractivity contribution is -0.116. The fraction of sp³-hybridized carbons (Fsp3) is 0.333. The van der Waals surface area contributed by atoms with Crippen LogP contribution in [0.25, 0.3) is 5.69 Å². The van der Waals surface area contributed by atoms with Gasteiger partial charge in [-0.1, -0.05) is 30.3 Å². The van der Waals surface area contributed by atoms with E-state index in [0.717, 1.165) is 47.1 Å². The second-order valence-electron chi connectivity index (χ2n) is 7.66. The van der Waals surface area contributed by atoms with Gasteiger partial charge in [-0.05, 0) is 62.9 Å². The Morgan fingerprint density at radius 2 is 1.69 bits per heavy atom. The van der Waals surface area contributed by atoms with Crippen LogP contribution in [-0.4, -0.2) is 28.8 Å². The first-order valence-corrected chi connectivity index (χ1v) is 10.4. The standard InChI is InChI=1S/C24H28N4O/c1-18-21(19(2)28(26-18)20-10-4-3-5-11-20)14-15-24(29)25-22-12-6-7-13-23(22)27-16-8-9-17-27/h3-7,10-13H,8-9,14-17H2,1-2H3,(H,25,29). The molecule has 4 rings (SSSR count). The van der Waals surface area contributed by atoms with E-state index >= 15 is 0 Å². The third-order valence-electron chi connectivity index (χ3n) is 5.67. The van der Waals surface area contributed by atoms with Gasteiger partial charge in [0.05, 0.1) is 22.8 Å². The lowest BCUT2D eigenvalue weighted by Crippen LogP contribution is -2.21. The molecule has 1 aliphatic rings. The van der Waals surface area contributed by atoms with Crippen LogP contribution in [-0.2, 0) is 11.2 Å². The van der Waals surface area contributed by atoms with Crippen molar-refractivity contribution >= 4 is 17.3 Å². The molecule has 29 heavy (non-hydrogen) atoms. The van der Waals surface area contributed by atoms with Crippen molar-refractivity contribution in [1.82, 2.24) is 9.78 Å². The molecule has 0 radical (unpaired) electrons. The minimum absolute atomic E-state index is 0.0444. The Labute approximate surface area is 172 Å². The molecular formula is C24H28N4O. The van der Waals surface area contributed by atoms with E-state index in [4.69, 9.17) is 0 Å². The topological polar surface area (TPSA) is 50.2 Å². The van der Waals surface area contributed by atoms with Gasteiger partial charge in [0.15, 0.2) is 0 Å². The van der Waals surface area contributed by atoms with E-state index in [9.17, 15) is 4.79 Å². The molecule has 1 fully saturated rings. The van der Waals surface area contributed by atoms with Gasteiger partial charge in [0, 0.05) is 25.2 Å². The average molecular weight is 389 g/mol. The normalized spacial score (nSPS) is 13.7. The molecule has 1 N–H and O–H groups in total. The number of hydrogen-bond donors (Lipinski definition) is 1. The van der Waals surface area contributed by atoms with Gasteiger partial charge in [-0.25, -0.2) is 4.68 Å². The molecule has 0 aliphatic carbocycles. The number of benzene rings is 2. The van der Waals surface area contributed by atoms with Crippen LogP contribution in [0.5, 0.6) is 0 Å². The molecule has 0 bridgehead atoms. The molecule has 1 amide bonds. The molecule has 1 aromatic heterocycles. The van der Waals surface area contributed by atoms with Crippen LogP contribution >= 0.6 is 0 Å². The fourth-order valence-corrected chi connectivity index (χ4v) is 4.12. The van der Waals surface area contributed by atoms with Crippen molar-refractivity contribution in [2.45, 2.75) is 39.5 Å². The van der Waals surface area contributed by atoms with Crippen LogP contribution in [0.2, 0.25) is 0 Å². The number of hydrogen-bond acceptors (Lipinski definition) is 3. The Bertz CT molecular complexity index is 987. The first-order valence-electron chi connectivity index (χ1n) is 10.4. The predicted octanol–water partition coefficient (Wildman–Crippen LogP) is 4.66. The zero-order valence-electron chi connectivity index (χ0n) is 17.2. The molecule has 1 aliphatic heterocycles. The molecule has 5 nitrogen and oxygen atoms in total. The maximum atomic E-state index is 12.7. The average Bonchev–Trinajstić information content (AvgIpc) is 3.36. The van der Waals surface area contributed by atoms with E-state index in [2.05, 4.69) is 28.3 Å². The highest BCUT2D eigenvalue weighted by Gasteiger charge is 2.18. The van der Waals surface area contributed by atoms with Gasteiger partial charge in [0.1, 0.15) is 0 Å². The molecule has 2 aromatic carbocycles. The summed E-state index contributed by atoms with van der Waals surface area (Å²) in [6, 6.07) is 18.2. The Kier molecular flexibility index (Phi) is 5.65. The summed E-state index contributed by atoms with van der Waals surface area (Å²) < 4.78 is 1.96. The van der Waals surface area contributed by atoms with Crippen LogP contribution in [0.3, 0.4) is 0 Å². The number of anilines is 2. The van der Waals surface area contributed by atoms with Gasteiger partial charge in [-0.3, -0.25) is 4.79 Å². The molecule has 0 saturated carbocycles. The summed E-state index contributed by atoms with van der Waals surface area (Å²) in [5, 5.41) is 7.81. The Hall–Kier alpha value is -3.08. The van der Waals surface area contributed by atoms with E-state index in [1.54, 1.807) is 0 Å². The maximum absolute atomic E-state index is 12.7. The van der Waals surface area contributed by atoms with Crippen molar-refractivity contribution < 1.29 is 4.79 Å². The number of carbonyl (C=O) groups is 1. The van der Waals surface area contributed by atoms with Gasteiger partial charge in [0.2, 0.25) is 5.91 Å². The van der Waals surface area contributed by atoms with E-state index in [-0.39, 0.29) is 5.91 Å². The number of carbonyl (C=O) groups excluding carboxylic acids is 1. The van der Waals surface area contributed by atoms with Crippen LogP contribution in [0.1, 0.15) is 36.2 Å². The van der Waals surface area contributed by atoms with Crippen molar-refractivity contribution in [3.63, 3.8) is 0 Å². The third-order valence-corrected chi connectivity index (χ3v) is 5.67. The van der Waals surface area contributed by atoms with Crippen molar-refractivity contribution in [2.24, 2.45) is 0 Å². The Morgan fingerprint density at radius 1 is 1.00 bits per heavy atom. The zero-order chi connectivity index (χ0) is 20.2. The largest absolute Gasteiger partial charge is 0.370 e. The SMILES string of the molecule is Cc1nn(-c2ccccc2)c(C)c1CCC(=O)Nc1ccccc1N1CCCC1. The highest BCUT2D eigenvalue weighted by molar-refractivity contribution is 5.94. The Morgan fingerprint density at radius 3 is 2.45 bits per heavy atom. The first-order chi connectivity index (χ1) is 14.1. The number of aryl methyl sites for hydroxylation is 1. The number of aromatic nitrogens is 2. The van der Waals surface area contributed by atoms with Gasteiger partial charge in [0.25, 0.3) is 0 Å². The summed E-state index contributed by atoms with van der Waals surface area (Å²) in [4.78, 5) is 15.1. The molecular weight excluding hydrogens is 360 g/mol. The molecule has 0 atom stereocenters. The molecule has 150 valence electrons. The lowest BCUT2D eigenvalue weighted by Gasteiger charge is -2.21. The first kappa shape index (κ1) is 19.2. The van der Waals surface area contributed by atoms with E-state index in [1.165, 1.54) is 12.8 Å². The van der Waals surface area contributed by atoms with Crippen molar-refractivity contribution in [3.05, 3.63) is 71.5 Å². The van der Waals surface area contributed by atoms with E-state index in [0.29, 0.717) is 12.8 Å². The minimum Gasteiger partial charge on any atom is -0.370 e. The number of nitrogens with one attached hydrogen (secondary N) is 1. The van der Waals surface area contributed by atoms with Crippen molar-refractivity contribution in [1.29, 1.82) is 0 Å².